The Bertz CT molecular complexity index is 690. The molecule has 1 amide bonds. The number of rotatable bonds is 3. The highest BCUT2D eigenvalue weighted by Gasteiger charge is 2.51. The van der Waals surface area contributed by atoms with Crippen molar-refractivity contribution in [3.63, 3.8) is 0 Å². The monoisotopic (exact) mass is 344 g/mol. The summed E-state index contributed by atoms with van der Waals surface area (Å²) in [6, 6.07) is 13.5. The molecule has 1 saturated carbocycles. The van der Waals surface area contributed by atoms with Crippen LogP contribution in [0.4, 0.5) is 11.4 Å². The number of anilines is 2. The van der Waals surface area contributed by atoms with E-state index in [-0.39, 0.29) is 5.91 Å². The van der Waals surface area contributed by atoms with Gasteiger partial charge in [0.15, 0.2) is 0 Å². The minimum atomic E-state index is -0.392. The van der Waals surface area contributed by atoms with Crippen molar-refractivity contribution in [1.29, 1.82) is 0 Å². The van der Waals surface area contributed by atoms with E-state index in [1.165, 1.54) is 0 Å². The maximum absolute atomic E-state index is 12.7. The van der Waals surface area contributed by atoms with Crippen molar-refractivity contribution in [2.75, 3.05) is 11.1 Å². The summed E-state index contributed by atoms with van der Waals surface area (Å²) in [5, 5.41) is 3.05. The third kappa shape index (κ3) is 2.56. The van der Waals surface area contributed by atoms with Gasteiger partial charge >= 0.3 is 0 Å². The van der Waals surface area contributed by atoms with E-state index in [1.54, 1.807) is 0 Å². The number of nitrogens with two attached hydrogens (primary N) is 1. The number of benzene rings is 2. The minimum Gasteiger partial charge on any atom is -0.399 e. The van der Waals surface area contributed by atoms with E-state index >= 15 is 0 Å². The average Bonchev–Trinajstić information content (AvgIpc) is 3.26. The summed E-state index contributed by atoms with van der Waals surface area (Å²) in [6.45, 7) is 2.01. The molecule has 4 heteroatoms. The zero-order chi connectivity index (χ0) is 15.0. The van der Waals surface area contributed by atoms with Gasteiger partial charge in [0, 0.05) is 10.2 Å². The Morgan fingerprint density at radius 3 is 2.48 bits per heavy atom. The predicted octanol–water partition coefficient (Wildman–Crippen LogP) is 4.01. The van der Waals surface area contributed by atoms with Gasteiger partial charge in [-0.05, 0) is 65.0 Å². The van der Waals surface area contributed by atoms with Gasteiger partial charge in [-0.3, -0.25) is 4.79 Å². The first-order valence-corrected chi connectivity index (χ1v) is 7.75. The maximum atomic E-state index is 12.7. The summed E-state index contributed by atoms with van der Waals surface area (Å²) >= 11 is 3.53. The molecule has 1 fully saturated rings. The van der Waals surface area contributed by atoms with Crippen LogP contribution in [0.3, 0.4) is 0 Å². The Balaban J connectivity index is 1.85. The lowest BCUT2D eigenvalue weighted by Crippen LogP contribution is -2.28. The molecule has 3 nitrogen and oxygen atoms in total. The molecule has 2 aromatic carbocycles. The summed E-state index contributed by atoms with van der Waals surface area (Å²) in [7, 11) is 0. The molecular formula is C17H17BrN2O. The van der Waals surface area contributed by atoms with E-state index < -0.39 is 5.41 Å². The normalized spacial score (nSPS) is 15.5. The lowest BCUT2D eigenvalue weighted by molar-refractivity contribution is -0.118. The van der Waals surface area contributed by atoms with Crippen LogP contribution >= 0.6 is 15.9 Å². The fourth-order valence-corrected chi connectivity index (χ4v) is 2.92. The first-order valence-electron chi connectivity index (χ1n) is 6.95. The van der Waals surface area contributed by atoms with Gasteiger partial charge < -0.3 is 11.1 Å². The number of carbonyl (C=O) groups excluding carboxylic acids is 1. The van der Waals surface area contributed by atoms with E-state index in [2.05, 4.69) is 21.2 Å². The van der Waals surface area contributed by atoms with E-state index in [9.17, 15) is 4.79 Å². The predicted molar refractivity (Wildman–Crippen MR) is 89.3 cm³/mol. The molecule has 0 spiro atoms. The van der Waals surface area contributed by atoms with Crippen molar-refractivity contribution < 1.29 is 4.79 Å². The van der Waals surface area contributed by atoms with Gasteiger partial charge in [-0.25, -0.2) is 0 Å². The van der Waals surface area contributed by atoms with Crippen LogP contribution in [0, 0.1) is 6.92 Å². The first-order chi connectivity index (χ1) is 10.0. The van der Waals surface area contributed by atoms with Crippen LogP contribution in [-0.4, -0.2) is 5.91 Å². The molecule has 0 unspecified atom stereocenters. The Morgan fingerprint density at radius 2 is 1.86 bits per heavy atom. The fraction of sp³-hybridized carbons (Fsp3) is 0.235. The van der Waals surface area contributed by atoms with Crippen LogP contribution < -0.4 is 11.1 Å². The van der Waals surface area contributed by atoms with E-state index in [4.69, 9.17) is 5.73 Å². The fourth-order valence-electron chi connectivity index (χ4n) is 2.56. The average molecular weight is 345 g/mol. The van der Waals surface area contributed by atoms with Crippen molar-refractivity contribution in [2.24, 2.45) is 0 Å². The molecule has 0 saturated heterocycles. The second kappa shape index (κ2) is 5.19. The summed E-state index contributed by atoms with van der Waals surface area (Å²) in [4.78, 5) is 12.7. The summed E-state index contributed by atoms with van der Waals surface area (Å²) in [5.41, 5.74) is 9.01. The zero-order valence-corrected chi connectivity index (χ0v) is 13.4. The third-order valence-electron chi connectivity index (χ3n) is 4.09. The Labute approximate surface area is 132 Å². The molecule has 3 N–H and O–H groups in total. The number of amides is 1. The van der Waals surface area contributed by atoms with Gasteiger partial charge in [-0.2, -0.15) is 0 Å². The minimum absolute atomic E-state index is 0.0542. The van der Waals surface area contributed by atoms with Crippen LogP contribution in [0.15, 0.2) is 46.9 Å². The van der Waals surface area contributed by atoms with E-state index in [0.29, 0.717) is 0 Å². The molecular weight excluding hydrogens is 328 g/mol. The van der Waals surface area contributed by atoms with E-state index in [0.717, 1.165) is 39.8 Å². The second-order valence-corrected chi connectivity index (χ2v) is 6.39. The molecule has 0 radical (unpaired) electrons. The Morgan fingerprint density at radius 1 is 1.19 bits per heavy atom. The smallest absolute Gasteiger partial charge is 0.235 e. The molecule has 0 bridgehead atoms. The molecule has 0 aliphatic heterocycles. The van der Waals surface area contributed by atoms with Crippen molar-refractivity contribution in [3.8, 4) is 0 Å². The zero-order valence-electron chi connectivity index (χ0n) is 11.8. The van der Waals surface area contributed by atoms with Gasteiger partial charge in [0.2, 0.25) is 5.91 Å². The highest BCUT2D eigenvalue weighted by molar-refractivity contribution is 9.10. The molecule has 21 heavy (non-hydrogen) atoms. The van der Waals surface area contributed by atoms with Gasteiger partial charge in [0.1, 0.15) is 0 Å². The van der Waals surface area contributed by atoms with Crippen LogP contribution in [0.5, 0.6) is 0 Å². The SMILES string of the molecule is Cc1cccc(NC(=O)C2(c3ccc(N)cc3)CC2)c1Br. The van der Waals surface area contributed by atoms with Gasteiger partial charge in [0.25, 0.3) is 0 Å². The molecule has 1 aliphatic carbocycles. The van der Waals surface area contributed by atoms with E-state index in [1.807, 2.05) is 49.4 Å². The van der Waals surface area contributed by atoms with Crippen LogP contribution in [-0.2, 0) is 10.2 Å². The molecule has 0 atom stereocenters. The molecule has 3 rings (SSSR count). The largest absolute Gasteiger partial charge is 0.399 e. The third-order valence-corrected chi connectivity index (χ3v) is 5.14. The lowest BCUT2D eigenvalue weighted by atomic mass is 9.94. The van der Waals surface area contributed by atoms with Crippen molar-refractivity contribution in [2.45, 2.75) is 25.2 Å². The van der Waals surface area contributed by atoms with Gasteiger partial charge in [-0.1, -0.05) is 24.3 Å². The summed E-state index contributed by atoms with van der Waals surface area (Å²) in [5.74, 6) is 0.0542. The molecule has 108 valence electrons. The number of nitrogens with one attached hydrogen (secondary N) is 1. The topological polar surface area (TPSA) is 55.1 Å². The van der Waals surface area contributed by atoms with Gasteiger partial charge in [-0.15, -0.1) is 0 Å². The summed E-state index contributed by atoms with van der Waals surface area (Å²) < 4.78 is 0.937. The maximum Gasteiger partial charge on any atom is 0.235 e. The molecule has 0 aromatic heterocycles. The van der Waals surface area contributed by atoms with Crippen LogP contribution in [0.2, 0.25) is 0 Å². The second-order valence-electron chi connectivity index (χ2n) is 5.59. The molecule has 2 aromatic rings. The lowest BCUT2D eigenvalue weighted by Gasteiger charge is -2.17. The number of halogens is 1. The Kier molecular flexibility index (Phi) is 3.49. The number of hydrogen-bond donors (Lipinski definition) is 2. The number of aryl methyl sites for hydroxylation is 1. The number of carbonyl (C=O) groups is 1. The Hall–Kier alpha value is -1.81. The van der Waals surface area contributed by atoms with Crippen molar-refractivity contribution >= 4 is 33.2 Å². The van der Waals surface area contributed by atoms with Crippen molar-refractivity contribution in [1.82, 2.24) is 0 Å². The highest BCUT2D eigenvalue weighted by Crippen LogP contribution is 2.49. The molecule has 0 heterocycles. The van der Waals surface area contributed by atoms with Crippen LogP contribution in [0.25, 0.3) is 0 Å². The summed E-state index contributed by atoms with van der Waals surface area (Å²) in [6.07, 6.45) is 1.76. The van der Waals surface area contributed by atoms with Crippen LogP contribution in [0.1, 0.15) is 24.0 Å². The number of nitrogen functional groups attached to an aromatic ring is 1. The quantitative estimate of drug-likeness (QED) is 0.826. The van der Waals surface area contributed by atoms with Crippen molar-refractivity contribution in [3.05, 3.63) is 58.1 Å². The molecule has 1 aliphatic rings. The first kappa shape index (κ1) is 14.1. The standard InChI is InChI=1S/C17H17BrN2O/c1-11-3-2-4-14(15(11)18)20-16(21)17(9-10-17)12-5-7-13(19)8-6-12/h2-8H,9-10,19H2,1H3,(H,20,21). The van der Waals surface area contributed by atoms with Gasteiger partial charge in [0.05, 0.1) is 11.1 Å². The number of hydrogen-bond acceptors (Lipinski definition) is 2. The highest BCUT2D eigenvalue weighted by atomic mass is 79.9.